The minimum Gasteiger partial charge on any atom is -0.366 e. The number of rotatable bonds is 6. The van der Waals surface area contributed by atoms with Gasteiger partial charge in [-0.3, -0.25) is 4.99 Å². The molecule has 1 aliphatic rings. The van der Waals surface area contributed by atoms with Crippen molar-refractivity contribution in [2.24, 2.45) is 4.99 Å². The fourth-order valence-corrected chi connectivity index (χ4v) is 2.97. The molecular formula is C16H26N4S. The van der Waals surface area contributed by atoms with Crippen LogP contribution in [0.25, 0.3) is 0 Å². The standard InChI is InChI=1S/C16H26N4S/c1-13(12-19-16(17-2)18-9-11-21-3)20-10-8-14-6-4-5-7-15(14)20/h4-7,13H,8-12H2,1-3H3,(H2,17,18,19). The van der Waals surface area contributed by atoms with Crippen LogP contribution in [0, 0.1) is 0 Å². The van der Waals surface area contributed by atoms with Crippen molar-refractivity contribution in [2.45, 2.75) is 19.4 Å². The lowest BCUT2D eigenvalue weighted by Crippen LogP contribution is -2.46. The highest BCUT2D eigenvalue weighted by molar-refractivity contribution is 7.98. The molecule has 0 bridgehead atoms. The molecule has 0 fully saturated rings. The van der Waals surface area contributed by atoms with E-state index in [-0.39, 0.29) is 0 Å². The predicted octanol–water partition coefficient (Wildman–Crippen LogP) is 1.97. The van der Waals surface area contributed by atoms with Gasteiger partial charge in [0.25, 0.3) is 0 Å². The lowest BCUT2D eigenvalue weighted by molar-refractivity contribution is 0.627. The van der Waals surface area contributed by atoms with Gasteiger partial charge < -0.3 is 15.5 Å². The molecule has 0 aromatic heterocycles. The zero-order valence-corrected chi connectivity index (χ0v) is 14.0. The van der Waals surface area contributed by atoms with E-state index in [0.29, 0.717) is 6.04 Å². The first-order valence-electron chi connectivity index (χ1n) is 7.54. The van der Waals surface area contributed by atoms with Crippen molar-refractivity contribution in [3.8, 4) is 0 Å². The van der Waals surface area contributed by atoms with E-state index in [9.17, 15) is 0 Å². The Bertz CT molecular complexity index is 475. The molecule has 2 N–H and O–H groups in total. The van der Waals surface area contributed by atoms with Crippen molar-refractivity contribution in [3.05, 3.63) is 29.8 Å². The van der Waals surface area contributed by atoms with Gasteiger partial charge in [0.2, 0.25) is 0 Å². The van der Waals surface area contributed by atoms with Crippen molar-refractivity contribution in [1.82, 2.24) is 10.6 Å². The molecule has 0 saturated carbocycles. The molecule has 1 atom stereocenters. The third-order valence-corrected chi connectivity index (χ3v) is 4.45. The molecule has 1 aliphatic heterocycles. The average molecular weight is 306 g/mol. The van der Waals surface area contributed by atoms with Crippen molar-refractivity contribution in [3.63, 3.8) is 0 Å². The summed E-state index contributed by atoms with van der Waals surface area (Å²) in [5, 5.41) is 6.76. The molecular weight excluding hydrogens is 280 g/mol. The second-order valence-electron chi connectivity index (χ2n) is 5.29. The molecule has 1 aromatic rings. The first-order valence-corrected chi connectivity index (χ1v) is 8.93. The van der Waals surface area contributed by atoms with Crippen LogP contribution in [0.5, 0.6) is 0 Å². The maximum Gasteiger partial charge on any atom is 0.191 e. The second kappa shape index (κ2) is 8.17. The number of fused-ring (bicyclic) bond motifs is 1. The van der Waals surface area contributed by atoms with Crippen LogP contribution in [0.15, 0.2) is 29.3 Å². The molecule has 1 unspecified atom stereocenters. The molecule has 116 valence electrons. The van der Waals surface area contributed by atoms with Gasteiger partial charge >= 0.3 is 0 Å². The largest absolute Gasteiger partial charge is 0.366 e. The molecule has 1 aromatic carbocycles. The van der Waals surface area contributed by atoms with Gasteiger partial charge in [0.05, 0.1) is 0 Å². The minimum atomic E-state index is 0.452. The number of nitrogens with zero attached hydrogens (tertiary/aromatic N) is 2. The summed E-state index contributed by atoms with van der Waals surface area (Å²) in [6.07, 6.45) is 3.27. The summed E-state index contributed by atoms with van der Waals surface area (Å²) in [5.74, 6) is 1.99. The predicted molar refractivity (Wildman–Crippen MR) is 94.7 cm³/mol. The normalized spacial score (nSPS) is 15.8. The number of para-hydroxylation sites is 1. The number of guanidine groups is 1. The minimum absolute atomic E-state index is 0.452. The van der Waals surface area contributed by atoms with Crippen LogP contribution in [0.1, 0.15) is 12.5 Å². The fraction of sp³-hybridized carbons (Fsp3) is 0.562. The Morgan fingerprint density at radius 3 is 2.95 bits per heavy atom. The van der Waals surface area contributed by atoms with E-state index >= 15 is 0 Å². The number of hydrogen-bond donors (Lipinski definition) is 2. The maximum atomic E-state index is 4.27. The Labute approximate surface area is 132 Å². The zero-order valence-electron chi connectivity index (χ0n) is 13.2. The van der Waals surface area contributed by atoms with Crippen molar-refractivity contribution in [2.75, 3.05) is 43.6 Å². The summed E-state index contributed by atoms with van der Waals surface area (Å²) in [6.45, 7) is 5.22. The molecule has 4 nitrogen and oxygen atoms in total. The third kappa shape index (κ3) is 4.30. The Morgan fingerprint density at radius 1 is 1.38 bits per heavy atom. The highest BCUT2D eigenvalue weighted by atomic mass is 32.2. The van der Waals surface area contributed by atoms with E-state index in [1.807, 2.05) is 18.8 Å². The van der Waals surface area contributed by atoms with Gasteiger partial charge in [0.15, 0.2) is 5.96 Å². The summed E-state index contributed by atoms with van der Waals surface area (Å²) < 4.78 is 0. The highest BCUT2D eigenvalue weighted by Gasteiger charge is 2.22. The van der Waals surface area contributed by atoms with Crippen LogP contribution >= 0.6 is 11.8 Å². The quantitative estimate of drug-likeness (QED) is 0.479. The third-order valence-electron chi connectivity index (χ3n) is 3.84. The van der Waals surface area contributed by atoms with E-state index < -0.39 is 0 Å². The Kier molecular flexibility index (Phi) is 6.23. The summed E-state index contributed by atoms with van der Waals surface area (Å²) in [4.78, 5) is 6.75. The van der Waals surface area contributed by atoms with Crippen LogP contribution < -0.4 is 15.5 Å². The van der Waals surface area contributed by atoms with Gasteiger partial charge in [0.1, 0.15) is 0 Å². The zero-order chi connectivity index (χ0) is 15.1. The molecule has 1 heterocycles. The van der Waals surface area contributed by atoms with Crippen LogP contribution in [0.3, 0.4) is 0 Å². The number of anilines is 1. The Balaban J connectivity index is 1.83. The Morgan fingerprint density at radius 2 is 2.19 bits per heavy atom. The fourth-order valence-electron chi connectivity index (χ4n) is 2.67. The van der Waals surface area contributed by atoms with E-state index in [0.717, 1.165) is 37.8 Å². The number of benzene rings is 1. The van der Waals surface area contributed by atoms with Gasteiger partial charge in [-0.25, -0.2) is 0 Å². The summed E-state index contributed by atoms with van der Waals surface area (Å²) in [5.41, 5.74) is 2.85. The van der Waals surface area contributed by atoms with Crippen LogP contribution in [-0.2, 0) is 6.42 Å². The summed E-state index contributed by atoms with van der Waals surface area (Å²) in [7, 11) is 1.82. The van der Waals surface area contributed by atoms with Crippen molar-refractivity contribution in [1.29, 1.82) is 0 Å². The lowest BCUT2D eigenvalue weighted by Gasteiger charge is -2.28. The van der Waals surface area contributed by atoms with Crippen LogP contribution in [0.4, 0.5) is 5.69 Å². The molecule has 21 heavy (non-hydrogen) atoms. The second-order valence-corrected chi connectivity index (χ2v) is 6.28. The van der Waals surface area contributed by atoms with Gasteiger partial charge in [0, 0.05) is 44.2 Å². The monoisotopic (exact) mass is 306 g/mol. The van der Waals surface area contributed by atoms with Gasteiger partial charge in [-0.15, -0.1) is 0 Å². The molecule has 5 heteroatoms. The number of hydrogen-bond acceptors (Lipinski definition) is 3. The highest BCUT2D eigenvalue weighted by Crippen LogP contribution is 2.28. The first-order chi connectivity index (χ1) is 10.3. The van der Waals surface area contributed by atoms with E-state index in [1.54, 1.807) is 0 Å². The maximum absolute atomic E-state index is 4.27. The first kappa shape index (κ1) is 16.0. The molecule has 2 rings (SSSR count). The molecule has 0 saturated heterocycles. The SMILES string of the molecule is CN=C(NCCSC)NCC(C)N1CCc2ccccc21. The molecule has 0 aliphatic carbocycles. The number of aliphatic imine (C=N–C) groups is 1. The summed E-state index contributed by atoms with van der Waals surface area (Å²) in [6, 6.07) is 9.17. The lowest BCUT2D eigenvalue weighted by atomic mass is 10.2. The van der Waals surface area contributed by atoms with Gasteiger partial charge in [-0.05, 0) is 31.2 Å². The van der Waals surface area contributed by atoms with E-state index in [2.05, 4.69) is 58.0 Å². The van der Waals surface area contributed by atoms with E-state index in [1.165, 1.54) is 11.3 Å². The van der Waals surface area contributed by atoms with Crippen LogP contribution in [0.2, 0.25) is 0 Å². The van der Waals surface area contributed by atoms with Crippen LogP contribution in [-0.4, -0.2) is 50.7 Å². The van der Waals surface area contributed by atoms with Crippen molar-refractivity contribution < 1.29 is 0 Å². The smallest absolute Gasteiger partial charge is 0.191 e. The topological polar surface area (TPSA) is 39.7 Å². The molecule has 0 radical (unpaired) electrons. The van der Waals surface area contributed by atoms with Crippen molar-refractivity contribution >= 4 is 23.4 Å². The summed E-state index contributed by atoms with van der Waals surface area (Å²) >= 11 is 1.84. The van der Waals surface area contributed by atoms with Gasteiger partial charge in [-0.2, -0.15) is 11.8 Å². The number of thioether (sulfide) groups is 1. The molecule has 0 spiro atoms. The van der Waals surface area contributed by atoms with Gasteiger partial charge in [-0.1, -0.05) is 18.2 Å². The van der Waals surface area contributed by atoms with E-state index in [4.69, 9.17) is 0 Å². The average Bonchev–Trinajstić information content (AvgIpc) is 2.94. The number of nitrogens with one attached hydrogen (secondary N) is 2. The molecule has 0 amide bonds. The Hall–Kier alpha value is -1.36.